The fraction of sp³-hybridized carbons (Fsp3) is 0.292. The van der Waals surface area contributed by atoms with E-state index in [0.29, 0.717) is 5.76 Å². The SMILES string of the molecule is Cc1ccc(OCc2ccc(C(=O)Nc3ccc(CCN(C)C)cc3)o2)c(C)c1. The standard InChI is InChI=1S/C24H28N2O3/c1-17-5-11-22(18(2)15-17)28-16-21-10-12-23(29-21)24(27)25-20-8-6-19(7-9-20)13-14-26(3)4/h5-12,15H,13-14,16H2,1-4H3,(H,25,27). The van der Waals surface area contributed by atoms with E-state index in [1.165, 1.54) is 11.1 Å². The lowest BCUT2D eigenvalue weighted by Gasteiger charge is -2.10. The molecule has 1 heterocycles. The summed E-state index contributed by atoms with van der Waals surface area (Å²) in [7, 11) is 4.11. The third-order valence-corrected chi connectivity index (χ3v) is 4.65. The van der Waals surface area contributed by atoms with Crippen molar-refractivity contribution in [2.24, 2.45) is 0 Å². The molecule has 0 aliphatic rings. The maximum atomic E-state index is 12.4. The third kappa shape index (κ3) is 5.96. The highest BCUT2D eigenvalue weighted by Crippen LogP contribution is 2.21. The molecule has 0 unspecified atom stereocenters. The van der Waals surface area contributed by atoms with E-state index in [1.54, 1.807) is 12.1 Å². The highest BCUT2D eigenvalue weighted by Gasteiger charge is 2.12. The Labute approximate surface area is 172 Å². The van der Waals surface area contributed by atoms with E-state index in [9.17, 15) is 4.79 Å². The van der Waals surface area contributed by atoms with E-state index in [4.69, 9.17) is 9.15 Å². The summed E-state index contributed by atoms with van der Waals surface area (Å²) in [6.45, 7) is 5.32. The molecule has 152 valence electrons. The lowest BCUT2D eigenvalue weighted by Crippen LogP contribution is -2.15. The molecule has 1 aromatic heterocycles. The van der Waals surface area contributed by atoms with Crippen molar-refractivity contribution in [2.45, 2.75) is 26.9 Å². The Morgan fingerprint density at radius 1 is 1.03 bits per heavy atom. The molecule has 1 N–H and O–H groups in total. The first-order chi connectivity index (χ1) is 13.9. The zero-order valence-electron chi connectivity index (χ0n) is 17.5. The second-order valence-electron chi connectivity index (χ2n) is 7.53. The fourth-order valence-electron chi connectivity index (χ4n) is 2.99. The summed E-state index contributed by atoms with van der Waals surface area (Å²) in [5, 5.41) is 2.87. The summed E-state index contributed by atoms with van der Waals surface area (Å²) in [5.74, 6) is 1.41. The van der Waals surface area contributed by atoms with Crippen molar-refractivity contribution < 1.29 is 13.9 Å². The molecule has 0 fully saturated rings. The van der Waals surface area contributed by atoms with Gasteiger partial charge in [0, 0.05) is 12.2 Å². The number of benzene rings is 2. The van der Waals surface area contributed by atoms with Crippen LogP contribution in [0.25, 0.3) is 0 Å². The Morgan fingerprint density at radius 2 is 1.79 bits per heavy atom. The molecule has 0 atom stereocenters. The first kappa shape index (κ1) is 20.7. The topological polar surface area (TPSA) is 54.7 Å². The second kappa shape index (κ2) is 9.43. The molecule has 0 saturated carbocycles. The Bertz CT molecular complexity index is 959. The van der Waals surface area contributed by atoms with Crippen molar-refractivity contribution in [1.82, 2.24) is 4.90 Å². The van der Waals surface area contributed by atoms with Gasteiger partial charge in [-0.1, -0.05) is 29.8 Å². The normalized spacial score (nSPS) is 10.9. The monoisotopic (exact) mass is 392 g/mol. The van der Waals surface area contributed by atoms with Gasteiger partial charge in [-0.2, -0.15) is 0 Å². The second-order valence-corrected chi connectivity index (χ2v) is 7.53. The van der Waals surface area contributed by atoms with Gasteiger partial charge in [-0.25, -0.2) is 0 Å². The lowest BCUT2D eigenvalue weighted by atomic mass is 10.1. The number of hydrogen-bond donors (Lipinski definition) is 1. The summed E-state index contributed by atoms with van der Waals surface area (Å²) in [5.41, 5.74) is 4.25. The average molecular weight is 392 g/mol. The lowest BCUT2D eigenvalue weighted by molar-refractivity contribution is 0.0992. The van der Waals surface area contributed by atoms with Gasteiger partial charge in [-0.15, -0.1) is 0 Å². The number of carbonyl (C=O) groups is 1. The number of hydrogen-bond acceptors (Lipinski definition) is 4. The van der Waals surface area contributed by atoms with Crippen molar-refractivity contribution in [1.29, 1.82) is 0 Å². The van der Waals surface area contributed by atoms with Crippen LogP contribution in [0.15, 0.2) is 59.0 Å². The van der Waals surface area contributed by atoms with Crippen LogP contribution in [0.1, 0.15) is 33.0 Å². The highest BCUT2D eigenvalue weighted by molar-refractivity contribution is 6.02. The maximum absolute atomic E-state index is 12.4. The van der Waals surface area contributed by atoms with Crippen LogP contribution >= 0.6 is 0 Å². The molecule has 0 radical (unpaired) electrons. The predicted molar refractivity (Wildman–Crippen MR) is 116 cm³/mol. The third-order valence-electron chi connectivity index (χ3n) is 4.65. The summed E-state index contributed by atoms with van der Waals surface area (Å²) < 4.78 is 11.5. The zero-order valence-corrected chi connectivity index (χ0v) is 17.5. The number of nitrogens with one attached hydrogen (secondary N) is 1. The summed E-state index contributed by atoms with van der Waals surface area (Å²) in [6, 6.07) is 17.4. The predicted octanol–water partition coefficient (Wildman–Crippen LogP) is 4.83. The number of furan rings is 1. The average Bonchev–Trinajstić information content (AvgIpc) is 3.16. The molecule has 3 aromatic rings. The number of rotatable bonds is 8. The first-order valence-corrected chi connectivity index (χ1v) is 9.74. The van der Waals surface area contributed by atoms with Crippen LogP contribution in [0, 0.1) is 13.8 Å². The molecule has 0 spiro atoms. The molecule has 1 amide bonds. The van der Waals surface area contributed by atoms with Crippen LogP contribution in [0.5, 0.6) is 5.75 Å². The number of ether oxygens (including phenoxy) is 1. The Morgan fingerprint density at radius 3 is 2.48 bits per heavy atom. The minimum atomic E-state index is -0.274. The van der Waals surface area contributed by atoms with E-state index < -0.39 is 0 Å². The Hall–Kier alpha value is -3.05. The van der Waals surface area contributed by atoms with Gasteiger partial charge in [0.1, 0.15) is 18.1 Å². The summed E-state index contributed by atoms with van der Waals surface area (Å²) in [4.78, 5) is 14.6. The van der Waals surface area contributed by atoms with Gasteiger partial charge >= 0.3 is 0 Å². The summed E-state index contributed by atoms with van der Waals surface area (Å²) >= 11 is 0. The van der Waals surface area contributed by atoms with Crippen LogP contribution in [0.3, 0.4) is 0 Å². The summed E-state index contributed by atoms with van der Waals surface area (Å²) in [6.07, 6.45) is 0.975. The number of carbonyl (C=O) groups excluding carboxylic acids is 1. The van der Waals surface area contributed by atoms with E-state index in [0.717, 1.165) is 30.0 Å². The van der Waals surface area contributed by atoms with Crippen LogP contribution in [-0.4, -0.2) is 31.4 Å². The number of likely N-dealkylation sites (N-methyl/N-ethyl adjacent to an activating group) is 1. The molecule has 0 bridgehead atoms. The van der Waals surface area contributed by atoms with Crippen LogP contribution in [0.2, 0.25) is 0 Å². The minimum Gasteiger partial charge on any atom is -0.485 e. The van der Waals surface area contributed by atoms with Gasteiger partial charge in [0.25, 0.3) is 5.91 Å². The highest BCUT2D eigenvalue weighted by atomic mass is 16.5. The molecule has 0 aliphatic carbocycles. The van der Waals surface area contributed by atoms with Crippen molar-refractivity contribution in [3.8, 4) is 5.75 Å². The number of nitrogens with zero attached hydrogens (tertiary/aromatic N) is 1. The Balaban J connectivity index is 1.55. The van der Waals surface area contributed by atoms with E-state index in [2.05, 4.69) is 30.4 Å². The molecule has 5 heteroatoms. The molecule has 0 aliphatic heterocycles. The van der Waals surface area contributed by atoms with Crippen LogP contribution in [0.4, 0.5) is 5.69 Å². The van der Waals surface area contributed by atoms with E-state index in [1.807, 2.05) is 50.2 Å². The number of anilines is 1. The largest absolute Gasteiger partial charge is 0.485 e. The minimum absolute atomic E-state index is 0.265. The zero-order chi connectivity index (χ0) is 20.8. The maximum Gasteiger partial charge on any atom is 0.291 e. The van der Waals surface area contributed by atoms with Crippen LogP contribution in [-0.2, 0) is 13.0 Å². The molecule has 2 aromatic carbocycles. The number of aryl methyl sites for hydroxylation is 2. The van der Waals surface area contributed by atoms with Gasteiger partial charge in [0.05, 0.1) is 0 Å². The molecular weight excluding hydrogens is 364 g/mol. The number of amides is 1. The Kier molecular flexibility index (Phi) is 6.73. The van der Waals surface area contributed by atoms with Gasteiger partial charge < -0.3 is 19.4 Å². The quantitative estimate of drug-likeness (QED) is 0.596. The van der Waals surface area contributed by atoms with Crippen molar-refractivity contribution in [3.05, 3.63) is 82.8 Å². The van der Waals surface area contributed by atoms with Gasteiger partial charge in [-0.05, 0) is 75.8 Å². The van der Waals surface area contributed by atoms with Crippen LogP contribution < -0.4 is 10.1 Å². The fourth-order valence-corrected chi connectivity index (χ4v) is 2.99. The van der Waals surface area contributed by atoms with Crippen molar-refractivity contribution in [3.63, 3.8) is 0 Å². The van der Waals surface area contributed by atoms with Crippen molar-refractivity contribution >= 4 is 11.6 Å². The van der Waals surface area contributed by atoms with Gasteiger partial charge in [-0.3, -0.25) is 4.79 Å². The van der Waals surface area contributed by atoms with E-state index >= 15 is 0 Å². The van der Waals surface area contributed by atoms with E-state index in [-0.39, 0.29) is 18.3 Å². The molecular formula is C24H28N2O3. The molecule has 29 heavy (non-hydrogen) atoms. The molecule has 3 rings (SSSR count). The first-order valence-electron chi connectivity index (χ1n) is 9.74. The van der Waals surface area contributed by atoms with Gasteiger partial charge in [0.15, 0.2) is 5.76 Å². The van der Waals surface area contributed by atoms with Gasteiger partial charge in [0.2, 0.25) is 0 Å². The molecule has 0 saturated heterocycles. The molecule has 5 nitrogen and oxygen atoms in total. The smallest absolute Gasteiger partial charge is 0.291 e. The van der Waals surface area contributed by atoms with Crippen molar-refractivity contribution in [2.75, 3.05) is 26.0 Å².